The number of carbonyl (C=O) groups is 4. The van der Waals surface area contributed by atoms with Crippen molar-refractivity contribution in [3.05, 3.63) is 123 Å². The number of phenolic OH excluding ortho intramolecular Hbond substituents is 1. The topological polar surface area (TPSA) is 156 Å². The molecule has 57 heavy (non-hydrogen) atoms. The molecular weight excluding hydrogens is 766 g/mol. The van der Waals surface area contributed by atoms with Crippen LogP contribution in [0.5, 0.6) is 5.75 Å². The summed E-state index contributed by atoms with van der Waals surface area (Å²) in [6.45, 7) is 7.58. The smallest absolute Gasteiger partial charge is 0.271 e. The number of aromatic nitrogens is 2. The van der Waals surface area contributed by atoms with Crippen molar-refractivity contribution >= 4 is 73.8 Å². The highest BCUT2D eigenvalue weighted by Crippen LogP contribution is 2.64. The van der Waals surface area contributed by atoms with Crippen LogP contribution in [-0.2, 0) is 32.6 Å². The largest absolute Gasteiger partial charge is 0.507 e. The summed E-state index contributed by atoms with van der Waals surface area (Å²) in [5.41, 5.74) is 1.73. The van der Waals surface area contributed by atoms with Gasteiger partial charge in [0.1, 0.15) is 17.3 Å². The van der Waals surface area contributed by atoms with Gasteiger partial charge in [0, 0.05) is 46.5 Å². The van der Waals surface area contributed by atoms with E-state index in [-0.39, 0.29) is 35.8 Å². The van der Waals surface area contributed by atoms with Gasteiger partial charge < -0.3 is 5.11 Å². The zero-order chi connectivity index (χ0) is 40.2. The first-order chi connectivity index (χ1) is 27.3. The van der Waals surface area contributed by atoms with Gasteiger partial charge in [0.05, 0.1) is 38.7 Å². The number of para-hydroxylation sites is 1. The molecule has 4 amide bonds. The van der Waals surface area contributed by atoms with E-state index in [0.717, 1.165) is 25.4 Å². The second kappa shape index (κ2) is 13.1. The van der Waals surface area contributed by atoms with Crippen LogP contribution in [0.25, 0.3) is 20.7 Å². The predicted molar refractivity (Wildman–Crippen MR) is 216 cm³/mol. The van der Waals surface area contributed by atoms with Crippen molar-refractivity contribution in [2.45, 2.75) is 39.0 Å². The summed E-state index contributed by atoms with van der Waals surface area (Å²) in [5.74, 6) is -5.77. The molecule has 0 radical (unpaired) electrons. The summed E-state index contributed by atoms with van der Waals surface area (Å²) in [6.07, 6.45) is 4.19. The molecule has 9 rings (SSSR count). The number of amides is 4. The lowest BCUT2D eigenvalue weighted by atomic mass is 9.51. The van der Waals surface area contributed by atoms with Crippen LogP contribution in [0.15, 0.2) is 91.0 Å². The zero-order valence-electron chi connectivity index (χ0n) is 31.1. The number of thiophene rings is 1. The molecule has 288 valence electrons. The summed E-state index contributed by atoms with van der Waals surface area (Å²) >= 11 is 7.85. The lowest BCUT2D eigenvalue weighted by molar-refractivity contribution is -0.384. The maximum atomic E-state index is 15.2. The Morgan fingerprint density at radius 1 is 1.04 bits per heavy atom. The highest BCUT2D eigenvalue weighted by molar-refractivity contribution is 7.22. The minimum atomic E-state index is -1.41. The number of carbonyl (C=O) groups excluding carboxylic acids is 4. The summed E-state index contributed by atoms with van der Waals surface area (Å²) in [4.78, 5) is 72.8. The zero-order valence-corrected chi connectivity index (χ0v) is 32.7. The third kappa shape index (κ3) is 5.21. The van der Waals surface area contributed by atoms with Crippen molar-refractivity contribution < 1.29 is 29.2 Å². The molecule has 1 saturated carbocycles. The Morgan fingerprint density at radius 3 is 2.56 bits per heavy atom. The van der Waals surface area contributed by atoms with E-state index in [4.69, 9.17) is 16.7 Å². The van der Waals surface area contributed by atoms with Crippen LogP contribution in [0, 0.1) is 46.1 Å². The minimum Gasteiger partial charge on any atom is -0.507 e. The van der Waals surface area contributed by atoms with Gasteiger partial charge in [-0.2, -0.15) is 5.10 Å². The Balaban J connectivity index is 1.16. The van der Waals surface area contributed by atoms with E-state index >= 15 is 4.79 Å². The second-order valence-corrected chi connectivity index (χ2v) is 17.0. The number of fused-ring (bicyclic) bond motifs is 5. The fraction of sp³-hybridized carbons (Fsp3) is 0.279. The Labute approximate surface area is 335 Å². The van der Waals surface area contributed by atoms with Crippen molar-refractivity contribution in [2.75, 3.05) is 9.80 Å². The van der Waals surface area contributed by atoms with Gasteiger partial charge in [-0.1, -0.05) is 53.6 Å². The van der Waals surface area contributed by atoms with Crippen molar-refractivity contribution in [3.63, 3.8) is 0 Å². The van der Waals surface area contributed by atoms with Crippen molar-refractivity contribution in [3.8, 4) is 16.3 Å². The van der Waals surface area contributed by atoms with Crippen molar-refractivity contribution in [2.24, 2.45) is 36.1 Å². The molecule has 6 atom stereocenters. The SMILES string of the molecule is C=CCc1cccc([C@H]2C3=CC[C@@H]4C(=O)N(c5cccc([N+](=O)[O-])c5)C(=O)[C@@H]4[C@@H]3C[C@H]3C(=O)N(c4cc(-c5sc6ccc(Cl)cc6c5C)nn4C)C(=O)[C@@]23C)c1O. The molecule has 12 nitrogen and oxygen atoms in total. The maximum absolute atomic E-state index is 15.2. The third-order valence-corrected chi connectivity index (χ3v) is 14.1. The monoisotopic (exact) mass is 801 g/mol. The van der Waals surface area contributed by atoms with Crippen molar-refractivity contribution in [1.29, 1.82) is 0 Å². The average molecular weight is 802 g/mol. The number of aryl methyl sites for hydroxylation is 2. The molecule has 3 fully saturated rings. The standard InChI is InChI=1S/C43H36ClN5O7S/c1-5-8-22-9-6-12-28(37(22)50)36-26-14-15-27-35(41(53)47(39(27)51)24-10-7-11-25(18-24)49(55)56)30(26)19-31-40(52)48(42(54)43(31,36)3)34-20-32(45-46(34)4)38-21(2)29-17-23(44)13-16-33(29)57-38/h5-7,9-14,16-18,20,27,30-31,35-36,50H,1,8,15,19H2,2-4H3/t27-,30+,31-,35-,36+,43+/m0/s1. The number of nitro groups is 1. The molecule has 14 heteroatoms. The Morgan fingerprint density at radius 2 is 1.81 bits per heavy atom. The molecule has 4 aliphatic rings. The first-order valence-corrected chi connectivity index (χ1v) is 19.8. The Kier molecular flexibility index (Phi) is 8.41. The first kappa shape index (κ1) is 36.7. The number of benzene rings is 3. The lowest BCUT2D eigenvalue weighted by Gasteiger charge is -2.49. The molecule has 4 heterocycles. The van der Waals surface area contributed by atoms with E-state index in [1.165, 1.54) is 45.2 Å². The number of nitro benzene ring substituents is 1. The number of hydrogen-bond acceptors (Lipinski definition) is 9. The van der Waals surface area contributed by atoms with Crippen LogP contribution in [0.4, 0.5) is 17.2 Å². The molecule has 2 saturated heterocycles. The van der Waals surface area contributed by atoms with Crippen LogP contribution in [0.3, 0.4) is 0 Å². The molecule has 0 bridgehead atoms. The summed E-state index contributed by atoms with van der Waals surface area (Å²) < 4.78 is 2.55. The van der Waals surface area contributed by atoms with E-state index in [9.17, 15) is 29.6 Å². The molecule has 1 N–H and O–H groups in total. The van der Waals surface area contributed by atoms with Gasteiger partial charge in [0.15, 0.2) is 0 Å². The van der Waals surface area contributed by atoms with E-state index in [1.54, 1.807) is 44.3 Å². The normalized spacial score (nSPS) is 25.5. The van der Waals surface area contributed by atoms with Gasteiger partial charge in [0.2, 0.25) is 23.6 Å². The number of imide groups is 2. The van der Waals surface area contributed by atoms with E-state index in [0.29, 0.717) is 33.8 Å². The van der Waals surface area contributed by atoms with Gasteiger partial charge in [-0.3, -0.25) is 34.0 Å². The Hall–Kier alpha value is -5.92. The average Bonchev–Trinajstić information content (AvgIpc) is 3.86. The number of rotatable bonds is 7. The van der Waals surface area contributed by atoms with Crippen LogP contribution in [0.2, 0.25) is 5.02 Å². The fourth-order valence-corrected chi connectivity index (χ4v) is 11.3. The van der Waals surface area contributed by atoms with Gasteiger partial charge in [-0.25, -0.2) is 9.80 Å². The van der Waals surface area contributed by atoms with E-state index < -0.39 is 63.6 Å². The summed E-state index contributed by atoms with van der Waals surface area (Å²) in [7, 11) is 1.68. The first-order valence-electron chi connectivity index (χ1n) is 18.6. The van der Waals surface area contributed by atoms with E-state index in [1.807, 2.05) is 31.2 Å². The number of hydrogen-bond donors (Lipinski definition) is 1. The number of allylic oxidation sites excluding steroid dienone is 3. The summed E-state index contributed by atoms with van der Waals surface area (Å²) in [5, 5.41) is 29.9. The molecule has 5 aromatic rings. The van der Waals surface area contributed by atoms with Gasteiger partial charge >= 0.3 is 0 Å². The number of non-ortho nitro benzene ring substituents is 1. The van der Waals surface area contributed by atoms with Crippen LogP contribution in [0.1, 0.15) is 42.4 Å². The third-order valence-electron chi connectivity index (χ3n) is 12.6. The highest BCUT2D eigenvalue weighted by Gasteiger charge is 2.68. The molecule has 2 aromatic heterocycles. The van der Waals surface area contributed by atoms with Crippen LogP contribution >= 0.6 is 22.9 Å². The number of nitrogens with zero attached hydrogens (tertiary/aromatic N) is 5. The quantitative estimate of drug-likeness (QED) is 0.0751. The Bertz CT molecular complexity index is 2680. The predicted octanol–water partition coefficient (Wildman–Crippen LogP) is 8.04. The molecule has 0 spiro atoms. The number of phenols is 1. The van der Waals surface area contributed by atoms with E-state index in [2.05, 4.69) is 6.58 Å². The molecule has 0 unspecified atom stereocenters. The van der Waals surface area contributed by atoms with Gasteiger partial charge in [-0.15, -0.1) is 17.9 Å². The van der Waals surface area contributed by atoms with Crippen LogP contribution in [-0.4, -0.2) is 43.4 Å². The second-order valence-electron chi connectivity index (χ2n) is 15.5. The molecule has 2 aliphatic heterocycles. The molecule has 2 aliphatic carbocycles. The van der Waals surface area contributed by atoms with Gasteiger partial charge in [0.25, 0.3) is 5.69 Å². The van der Waals surface area contributed by atoms with Gasteiger partial charge in [-0.05, 0) is 79.8 Å². The highest BCUT2D eigenvalue weighted by atomic mass is 35.5. The van der Waals surface area contributed by atoms with Crippen molar-refractivity contribution in [1.82, 2.24) is 9.78 Å². The molecule has 3 aromatic carbocycles. The maximum Gasteiger partial charge on any atom is 0.271 e. The number of aromatic hydroxyl groups is 1. The fourth-order valence-electron chi connectivity index (χ4n) is 9.96. The molecular formula is C43H36ClN5O7S. The van der Waals surface area contributed by atoms with Crippen LogP contribution < -0.4 is 9.80 Å². The number of anilines is 2. The minimum absolute atomic E-state index is 0.0278. The number of halogens is 1. The lowest BCUT2D eigenvalue weighted by Crippen LogP contribution is -2.49. The summed E-state index contributed by atoms with van der Waals surface area (Å²) in [6, 6.07) is 18.2.